The molecule has 1 fully saturated rings. The highest BCUT2D eigenvalue weighted by atomic mass is 16.5. The van der Waals surface area contributed by atoms with Crippen LogP contribution < -0.4 is 0 Å². The summed E-state index contributed by atoms with van der Waals surface area (Å²) >= 11 is 0. The van der Waals surface area contributed by atoms with Gasteiger partial charge in [-0.25, -0.2) is 0 Å². The number of amides is 1. The largest absolute Gasteiger partial charge is 0.465 e. The molecule has 1 atom stereocenters. The molecule has 0 N–H and O–H groups in total. The van der Waals surface area contributed by atoms with E-state index in [2.05, 4.69) is 0 Å². The second-order valence-electron chi connectivity index (χ2n) is 4.52. The molecule has 1 heterocycles. The van der Waals surface area contributed by atoms with Gasteiger partial charge in [-0.15, -0.1) is 0 Å². The summed E-state index contributed by atoms with van der Waals surface area (Å²) in [6, 6.07) is -0.243. The first-order chi connectivity index (χ1) is 8.06. The standard InChI is InChI=1S/C12H22N2O3/c1-4-17-12(16)10-7-5-6-8-14(10)9-11(15)13(2)3/h10H,4-9H2,1-3H3. The molecule has 5 nitrogen and oxygen atoms in total. The molecule has 0 aromatic carbocycles. The number of likely N-dealkylation sites (N-methyl/N-ethyl adjacent to an activating group) is 1. The van der Waals surface area contributed by atoms with Gasteiger partial charge in [-0.05, 0) is 26.3 Å². The average molecular weight is 242 g/mol. The van der Waals surface area contributed by atoms with Gasteiger partial charge in [0.2, 0.25) is 5.91 Å². The minimum absolute atomic E-state index is 0.0289. The van der Waals surface area contributed by atoms with Crippen LogP contribution in [0.4, 0.5) is 0 Å². The number of rotatable bonds is 4. The lowest BCUT2D eigenvalue weighted by atomic mass is 10.0. The summed E-state index contributed by atoms with van der Waals surface area (Å²) in [5, 5.41) is 0. The zero-order valence-electron chi connectivity index (χ0n) is 10.9. The first-order valence-corrected chi connectivity index (χ1v) is 6.17. The van der Waals surface area contributed by atoms with E-state index in [1.165, 1.54) is 0 Å². The number of carbonyl (C=O) groups is 2. The fourth-order valence-corrected chi connectivity index (χ4v) is 2.00. The molecule has 1 aliphatic rings. The molecule has 0 aromatic rings. The van der Waals surface area contributed by atoms with E-state index in [9.17, 15) is 9.59 Å². The average Bonchev–Trinajstić information content (AvgIpc) is 2.29. The van der Waals surface area contributed by atoms with Crippen molar-refractivity contribution in [2.24, 2.45) is 0 Å². The van der Waals surface area contributed by atoms with E-state index in [0.717, 1.165) is 25.8 Å². The Balaban J connectivity index is 2.59. The van der Waals surface area contributed by atoms with Crippen LogP contribution in [-0.2, 0) is 14.3 Å². The number of carbonyl (C=O) groups excluding carboxylic acids is 2. The van der Waals surface area contributed by atoms with Crippen LogP contribution in [0.5, 0.6) is 0 Å². The van der Waals surface area contributed by atoms with Crippen molar-refractivity contribution >= 4 is 11.9 Å². The number of nitrogens with zero attached hydrogens (tertiary/aromatic N) is 2. The Morgan fingerprint density at radius 1 is 1.35 bits per heavy atom. The lowest BCUT2D eigenvalue weighted by Crippen LogP contribution is -2.49. The Morgan fingerprint density at radius 2 is 2.06 bits per heavy atom. The van der Waals surface area contributed by atoms with Crippen LogP contribution in [0.25, 0.3) is 0 Å². The molecule has 0 spiro atoms. The van der Waals surface area contributed by atoms with Gasteiger partial charge in [0.15, 0.2) is 0 Å². The molecule has 0 radical (unpaired) electrons. The van der Waals surface area contributed by atoms with Crippen molar-refractivity contribution in [1.29, 1.82) is 0 Å². The third-order valence-corrected chi connectivity index (χ3v) is 3.01. The van der Waals surface area contributed by atoms with Gasteiger partial charge in [0, 0.05) is 14.1 Å². The zero-order valence-corrected chi connectivity index (χ0v) is 10.9. The predicted molar refractivity (Wildman–Crippen MR) is 64.5 cm³/mol. The molecule has 98 valence electrons. The molecular formula is C12H22N2O3. The lowest BCUT2D eigenvalue weighted by Gasteiger charge is -2.33. The molecular weight excluding hydrogens is 220 g/mol. The van der Waals surface area contributed by atoms with Gasteiger partial charge in [-0.2, -0.15) is 0 Å². The smallest absolute Gasteiger partial charge is 0.323 e. The molecule has 5 heteroatoms. The number of ether oxygens (including phenoxy) is 1. The number of hydrogen-bond donors (Lipinski definition) is 0. The molecule has 0 aliphatic carbocycles. The highest BCUT2D eigenvalue weighted by molar-refractivity contribution is 5.80. The van der Waals surface area contributed by atoms with Crippen LogP contribution in [0.1, 0.15) is 26.2 Å². The fourth-order valence-electron chi connectivity index (χ4n) is 2.00. The van der Waals surface area contributed by atoms with E-state index in [1.54, 1.807) is 25.9 Å². The van der Waals surface area contributed by atoms with Gasteiger partial charge in [-0.1, -0.05) is 6.42 Å². The highest BCUT2D eigenvalue weighted by Crippen LogP contribution is 2.18. The van der Waals surface area contributed by atoms with Crippen molar-refractivity contribution in [2.45, 2.75) is 32.2 Å². The van der Waals surface area contributed by atoms with Gasteiger partial charge in [0.05, 0.1) is 13.2 Å². The SMILES string of the molecule is CCOC(=O)C1CCCCN1CC(=O)N(C)C. The minimum atomic E-state index is -0.243. The van der Waals surface area contributed by atoms with Crippen LogP contribution in [0.15, 0.2) is 0 Å². The van der Waals surface area contributed by atoms with E-state index < -0.39 is 0 Å². The van der Waals surface area contributed by atoms with Crippen molar-refractivity contribution in [3.63, 3.8) is 0 Å². The second-order valence-corrected chi connectivity index (χ2v) is 4.52. The van der Waals surface area contributed by atoms with Crippen LogP contribution >= 0.6 is 0 Å². The van der Waals surface area contributed by atoms with E-state index in [4.69, 9.17) is 4.74 Å². The molecule has 1 saturated heterocycles. The monoisotopic (exact) mass is 242 g/mol. The number of hydrogen-bond acceptors (Lipinski definition) is 4. The van der Waals surface area contributed by atoms with Gasteiger partial charge >= 0.3 is 5.97 Å². The lowest BCUT2D eigenvalue weighted by molar-refractivity contribution is -0.151. The Labute approximate surface area is 103 Å². The van der Waals surface area contributed by atoms with Crippen LogP contribution in [0.3, 0.4) is 0 Å². The van der Waals surface area contributed by atoms with Crippen LogP contribution in [0.2, 0.25) is 0 Å². The molecule has 1 aliphatic heterocycles. The molecule has 1 unspecified atom stereocenters. The third kappa shape index (κ3) is 4.00. The molecule has 0 saturated carbocycles. The van der Waals surface area contributed by atoms with Crippen LogP contribution in [-0.4, -0.2) is 61.5 Å². The summed E-state index contributed by atoms with van der Waals surface area (Å²) < 4.78 is 5.05. The number of esters is 1. The maximum Gasteiger partial charge on any atom is 0.323 e. The normalized spacial score (nSPS) is 21.0. The maximum absolute atomic E-state index is 11.8. The Morgan fingerprint density at radius 3 is 2.65 bits per heavy atom. The predicted octanol–water partition coefficient (Wildman–Crippen LogP) is 0.492. The van der Waals surface area contributed by atoms with Crippen molar-refractivity contribution in [1.82, 2.24) is 9.80 Å². The van der Waals surface area contributed by atoms with Crippen LogP contribution in [0, 0.1) is 0 Å². The van der Waals surface area contributed by atoms with Crippen molar-refractivity contribution < 1.29 is 14.3 Å². The molecule has 0 bridgehead atoms. The van der Waals surface area contributed by atoms with E-state index in [-0.39, 0.29) is 17.9 Å². The molecule has 1 rings (SSSR count). The maximum atomic E-state index is 11.8. The van der Waals surface area contributed by atoms with Crippen molar-refractivity contribution in [3.05, 3.63) is 0 Å². The summed E-state index contributed by atoms with van der Waals surface area (Å²) in [5.74, 6) is -0.167. The Kier molecular flexibility index (Phi) is 5.41. The van der Waals surface area contributed by atoms with Gasteiger partial charge in [0.1, 0.15) is 6.04 Å². The quantitative estimate of drug-likeness (QED) is 0.673. The summed E-state index contributed by atoms with van der Waals surface area (Å²) in [4.78, 5) is 26.9. The second kappa shape index (κ2) is 6.59. The summed E-state index contributed by atoms with van der Waals surface area (Å²) in [5.41, 5.74) is 0. The minimum Gasteiger partial charge on any atom is -0.465 e. The molecule has 0 aromatic heterocycles. The zero-order chi connectivity index (χ0) is 12.8. The van der Waals surface area contributed by atoms with Gasteiger partial charge in [-0.3, -0.25) is 14.5 Å². The summed E-state index contributed by atoms with van der Waals surface area (Å²) in [7, 11) is 3.46. The van der Waals surface area contributed by atoms with Gasteiger partial charge in [0.25, 0.3) is 0 Å². The third-order valence-electron chi connectivity index (χ3n) is 3.01. The van der Waals surface area contributed by atoms with E-state index >= 15 is 0 Å². The molecule has 1 amide bonds. The first kappa shape index (κ1) is 14.0. The number of piperidine rings is 1. The topological polar surface area (TPSA) is 49.9 Å². The first-order valence-electron chi connectivity index (χ1n) is 6.17. The van der Waals surface area contributed by atoms with E-state index in [0.29, 0.717) is 13.2 Å². The summed E-state index contributed by atoms with van der Waals surface area (Å²) in [6.45, 7) is 3.29. The highest BCUT2D eigenvalue weighted by Gasteiger charge is 2.31. The fraction of sp³-hybridized carbons (Fsp3) is 0.833. The number of likely N-dealkylation sites (tertiary alicyclic amines) is 1. The van der Waals surface area contributed by atoms with Crippen molar-refractivity contribution in [3.8, 4) is 0 Å². The van der Waals surface area contributed by atoms with E-state index in [1.807, 2.05) is 4.90 Å². The van der Waals surface area contributed by atoms with Crippen molar-refractivity contribution in [2.75, 3.05) is 33.8 Å². The Bertz CT molecular complexity index is 279. The van der Waals surface area contributed by atoms with Gasteiger partial charge < -0.3 is 9.64 Å². The summed E-state index contributed by atoms with van der Waals surface area (Å²) in [6.07, 6.45) is 2.85. The Hall–Kier alpha value is -1.10. The molecule has 17 heavy (non-hydrogen) atoms.